The number of hydrogen-bond donors (Lipinski definition) is 1. The summed E-state index contributed by atoms with van der Waals surface area (Å²) in [6.45, 7) is 0. The Kier molecular flexibility index (Phi) is 4.20. The maximum Gasteiger partial charge on any atom is 0.393 e. The van der Waals surface area contributed by atoms with Crippen molar-refractivity contribution >= 4 is 5.69 Å². The van der Waals surface area contributed by atoms with Gasteiger partial charge in [0, 0.05) is 6.07 Å². The molecule has 0 saturated carbocycles. The van der Waals surface area contributed by atoms with Crippen LogP contribution < -0.4 is 4.74 Å². The lowest BCUT2D eigenvalue weighted by Crippen LogP contribution is -2.11. The molecule has 0 atom stereocenters. The summed E-state index contributed by atoms with van der Waals surface area (Å²) in [6.07, 6.45) is -5.71. The van der Waals surface area contributed by atoms with Crippen molar-refractivity contribution in [3.05, 3.63) is 58.1 Å². The van der Waals surface area contributed by atoms with Crippen molar-refractivity contribution in [3.8, 4) is 17.2 Å². The van der Waals surface area contributed by atoms with E-state index in [0.717, 1.165) is 18.2 Å². The Morgan fingerprint density at radius 2 is 1.77 bits per heavy atom. The predicted octanol–water partition coefficient (Wildman–Crippen LogP) is 4.20. The fourth-order valence-electron chi connectivity index (χ4n) is 1.77. The molecule has 5 nitrogen and oxygen atoms in total. The molecule has 0 bridgehead atoms. The highest BCUT2D eigenvalue weighted by atomic mass is 19.4. The van der Waals surface area contributed by atoms with Crippen molar-refractivity contribution in [1.29, 1.82) is 0 Å². The first kappa shape index (κ1) is 15.6. The third kappa shape index (κ3) is 4.11. The van der Waals surface area contributed by atoms with Gasteiger partial charge in [0.05, 0.1) is 11.3 Å². The number of nitrogens with zero attached hydrogens (tertiary/aromatic N) is 1. The van der Waals surface area contributed by atoms with Crippen LogP contribution in [0.5, 0.6) is 17.2 Å². The van der Waals surface area contributed by atoms with Gasteiger partial charge in [-0.1, -0.05) is 6.07 Å². The Morgan fingerprint density at radius 1 is 1.14 bits per heavy atom. The molecule has 0 radical (unpaired) electrons. The number of rotatable bonds is 4. The van der Waals surface area contributed by atoms with E-state index in [0.29, 0.717) is 0 Å². The predicted molar refractivity (Wildman–Crippen MR) is 71.0 cm³/mol. The Labute approximate surface area is 122 Å². The average Bonchev–Trinajstić information content (AvgIpc) is 2.41. The molecule has 2 rings (SSSR count). The second-order valence-corrected chi connectivity index (χ2v) is 4.45. The minimum atomic E-state index is -4.45. The van der Waals surface area contributed by atoms with Gasteiger partial charge >= 0.3 is 11.9 Å². The summed E-state index contributed by atoms with van der Waals surface area (Å²) in [4.78, 5) is 10.2. The molecule has 8 heteroatoms. The van der Waals surface area contributed by atoms with Gasteiger partial charge in [0.1, 0.15) is 11.5 Å². The first-order valence-electron chi connectivity index (χ1n) is 6.05. The maximum atomic E-state index is 12.3. The SMILES string of the molecule is O=[N+]([O-])c1cc(CC(F)(F)F)ccc1Oc1ccc(O)cc1. The van der Waals surface area contributed by atoms with E-state index in [-0.39, 0.29) is 22.8 Å². The highest BCUT2D eigenvalue weighted by Gasteiger charge is 2.29. The summed E-state index contributed by atoms with van der Waals surface area (Å²) < 4.78 is 42.3. The molecule has 2 aromatic rings. The molecule has 0 aliphatic carbocycles. The number of aromatic hydroxyl groups is 1. The molecule has 0 aliphatic rings. The first-order valence-corrected chi connectivity index (χ1v) is 6.05. The van der Waals surface area contributed by atoms with Crippen molar-refractivity contribution in [2.24, 2.45) is 0 Å². The third-order valence-corrected chi connectivity index (χ3v) is 2.69. The minimum Gasteiger partial charge on any atom is -0.508 e. The lowest BCUT2D eigenvalue weighted by Gasteiger charge is -2.09. The van der Waals surface area contributed by atoms with Crippen LogP contribution in [0.2, 0.25) is 0 Å². The van der Waals surface area contributed by atoms with E-state index in [9.17, 15) is 23.3 Å². The van der Waals surface area contributed by atoms with Crippen molar-refractivity contribution in [3.63, 3.8) is 0 Å². The quantitative estimate of drug-likeness (QED) is 0.678. The third-order valence-electron chi connectivity index (χ3n) is 2.69. The average molecular weight is 313 g/mol. The van der Waals surface area contributed by atoms with Crippen molar-refractivity contribution in [1.82, 2.24) is 0 Å². The van der Waals surface area contributed by atoms with E-state index in [4.69, 9.17) is 9.84 Å². The van der Waals surface area contributed by atoms with Gasteiger partial charge < -0.3 is 9.84 Å². The van der Waals surface area contributed by atoms with Gasteiger partial charge in [-0.05, 0) is 35.9 Å². The van der Waals surface area contributed by atoms with Crippen molar-refractivity contribution < 1.29 is 27.9 Å². The largest absolute Gasteiger partial charge is 0.508 e. The standard InChI is InChI=1S/C14H10F3NO4/c15-14(16,17)8-9-1-6-13(12(7-9)18(20)21)22-11-4-2-10(19)3-5-11/h1-7,19H,8H2. The number of hydrogen-bond acceptors (Lipinski definition) is 4. The number of alkyl halides is 3. The van der Waals surface area contributed by atoms with Crippen LogP contribution in [-0.4, -0.2) is 16.2 Å². The van der Waals surface area contributed by atoms with E-state index >= 15 is 0 Å². The van der Waals surface area contributed by atoms with E-state index < -0.39 is 23.2 Å². The van der Waals surface area contributed by atoms with E-state index in [2.05, 4.69) is 0 Å². The lowest BCUT2D eigenvalue weighted by molar-refractivity contribution is -0.385. The van der Waals surface area contributed by atoms with Gasteiger partial charge in [-0.3, -0.25) is 10.1 Å². The van der Waals surface area contributed by atoms with Crippen LogP contribution in [0.4, 0.5) is 18.9 Å². The van der Waals surface area contributed by atoms with Crippen molar-refractivity contribution in [2.45, 2.75) is 12.6 Å². The molecule has 1 N–H and O–H groups in total. The Morgan fingerprint density at radius 3 is 2.32 bits per heavy atom. The number of nitro benzene ring substituents is 1. The van der Waals surface area contributed by atoms with E-state index in [1.807, 2.05) is 0 Å². The summed E-state index contributed by atoms with van der Waals surface area (Å²) in [6, 6.07) is 8.47. The molecule has 0 aromatic heterocycles. The fourth-order valence-corrected chi connectivity index (χ4v) is 1.77. The molecule has 116 valence electrons. The number of benzene rings is 2. The lowest BCUT2D eigenvalue weighted by atomic mass is 10.1. The Balaban J connectivity index is 2.31. The fraction of sp³-hybridized carbons (Fsp3) is 0.143. The smallest absolute Gasteiger partial charge is 0.393 e. The summed E-state index contributed by atoms with van der Waals surface area (Å²) >= 11 is 0. The Hall–Kier alpha value is -2.77. The zero-order valence-corrected chi connectivity index (χ0v) is 11.0. The molecule has 0 saturated heterocycles. The molecular formula is C14H10F3NO4. The number of ether oxygens (including phenoxy) is 1. The van der Waals surface area contributed by atoms with Crippen LogP contribution >= 0.6 is 0 Å². The normalized spacial score (nSPS) is 11.2. The van der Waals surface area contributed by atoms with Crippen LogP contribution in [-0.2, 0) is 6.42 Å². The first-order chi connectivity index (χ1) is 10.2. The molecule has 0 fully saturated rings. The van der Waals surface area contributed by atoms with Gasteiger partial charge in [-0.25, -0.2) is 0 Å². The summed E-state index contributed by atoms with van der Waals surface area (Å²) in [5, 5.41) is 20.1. The molecule has 0 spiro atoms. The summed E-state index contributed by atoms with van der Waals surface area (Å²) in [7, 11) is 0. The van der Waals surface area contributed by atoms with Crippen LogP contribution in [0.15, 0.2) is 42.5 Å². The molecule has 2 aromatic carbocycles. The monoisotopic (exact) mass is 313 g/mol. The summed E-state index contributed by atoms with van der Waals surface area (Å²) in [5.41, 5.74) is -0.785. The zero-order chi connectivity index (χ0) is 16.3. The zero-order valence-electron chi connectivity index (χ0n) is 11.0. The molecular weight excluding hydrogens is 303 g/mol. The van der Waals surface area contributed by atoms with E-state index in [1.165, 1.54) is 24.3 Å². The number of phenolic OH excluding ortho intramolecular Hbond substituents is 1. The van der Waals surface area contributed by atoms with Gasteiger partial charge in [0.15, 0.2) is 0 Å². The maximum absolute atomic E-state index is 12.3. The molecule has 22 heavy (non-hydrogen) atoms. The second-order valence-electron chi connectivity index (χ2n) is 4.45. The molecule has 0 amide bonds. The van der Waals surface area contributed by atoms with Crippen LogP contribution in [0.1, 0.15) is 5.56 Å². The van der Waals surface area contributed by atoms with Gasteiger partial charge in [-0.15, -0.1) is 0 Å². The van der Waals surface area contributed by atoms with Crippen molar-refractivity contribution in [2.75, 3.05) is 0 Å². The van der Waals surface area contributed by atoms with Gasteiger partial charge in [0.25, 0.3) is 0 Å². The molecule has 0 unspecified atom stereocenters. The van der Waals surface area contributed by atoms with Crippen LogP contribution in [0.3, 0.4) is 0 Å². The number of nitro groups is 1. The van der Waals surface area contributed by atoms with Crippen LogP contribution in [0.25, 0.3) is 0 Å². The highest BCUT2D eigenvalue weighted by Crippen LogP contribution is 2.34. The topological polar surface area (TPSA) is 72.6 Å². The summed E-state index contributed by atoms with van der Waals surface area (Å²) in [5.74, 6) is 0.0217. The van der Waals surface area contributed by atoms with Crippen LogP contribution in [0, 0.1) is 10.1 Å². The highest BCUT2D eigenvalue weighted by molar-refractivity contribution is 5.51. The minimum absolute atomic E-state index is 0.0117. The molecule has 0 aliphatic heterocycles. The van der Waals surface area contributed by atoms with Gasteiger partial charge in [0.2, 0.25) is 5.75 Å². The number of phenols is 1. The second kappa shape index (κ2) is 5.92. The Bertz CT molecular complexity index is 683. The van der Waals surface area contributed by atoms with Gasteiger partial charge in [-0.2, -0.15) is 13.2 Å². The number of halogens is 3. The van der Waals surface area contributed by atoms with E-state index in [1.54, 1.807) is 0 Å². The molecule has 0 heterocycles.